The highest BCUT2D eigenvalue weighted by atomic mass is 35.5. The van der Waals surface area contributed by atoms with E-state index >= 15 is 0 Å². The second kappa shape index (κ2) is 9.74. The zero-order valence-electron chi connectivity index (χ0n) is 17.2. The number of rotatable bonds is 6. The second-order valence-corrected chi connectivity index (χ2v) is 7.98. The van der Waals surface area contributed by atoms with Gasteiger partial charge in [0.05, 0.1) is 30.7 Å². The topological polar surface area (TPSA) is 80.9 Å². The van der Waals surface area contributed by atoms with Crippen LogP contribution < -0.4 is 9.64 Å². The molecule has 0 bridgehead atoms. The highest BCUT2D eigenvalue weighted by Gasteiger charge is 2.26. The van der Waals surface area contributed by atoms with E-state index in [4.69, 9.17) is 19.0 Å². The third-order valence-electron chi connectivity index (χ3n) is 4.97. The Morgan fingerprint density at radius 2 is 2.07 bits per heavy atom. The smallest absolute Gasteiger partial charge is 0.298 e. The Morgan fingerprint density at radius 3 is 2.73 bits per heavy atom. The van der Waals surface area contributed by atoms with Crippen molar-refractivity contribution in [3.63, 3.8) is 0 Å². The van der Waals surface area contributed by atoms with Gasteiger partial charge in [-0.1, -0.05) is 22.6 Å². The quantitative estimate of drug-likeness (QED) is 0.567. The molecule has 1 aliphatic rings. The standard InChI is InChI=1S/C20H24N4O4S.ClH/c1-13-4-5-15(26-3)17-18(13)29-20(21-17)24(7-6-23-8-10-27-11-9-23)19(25)16-12-14(2)22-28-16;/h4-5,12H,6-11H2,1-3H3;1H. The maximum absolute atomic E-state index is 13.2. The number of hydrogen-bond acceptors (Lipinski definition) is 8. The number of methoxy groups -OCH3 is 1. The Morgan fingerprint density at radius 1 is 1.30 bits per heavy atom. The number of benzene rings is 1. The Bertz CT molecular complexity index is 1020. The molecule has 162 valence electrons. The molecule has 0 atom stereocenters. The van der Waals surface area contributed by atoms with Crippen LogP contribution >= 0.6 is 23.7 Å². The molecular weight excluding hydrogens is 428 g/mol. The molecule has 0 radical (unpaired) electrons. The van der Waals surface area contributed by atoms with Crippen LogP contribution in [0.4, 0.5) is 5.13 Å². The first-order valence-electron chi connectivity index (χ1n) is 9.56. The summed E-state index contributed by atoms with van der Waals surface area (Å²) >= 11 is 1.49. The predicted molar refractivity (Wildman–Crippen MR) is 118 cm³/mol. The van der Waals surface area contributed by atoms with Gasteiger partial charge in [0.2, 0.25) is 5.76 Å². The fourth-order valence-electron chi connectivity index (χ4n) is 3.33. The van der Waals surface area contributed by atoms with Gasteiger partial charge in [-0.3, -0.25) is 14.6 Å². The van der Waals surface area contributed by atoms with Crippen molar-refractivity contribution in [2.24, 2.45) is 0 Å². The molecule has 1 fully saturated rings. The van der Waals surface area contributed by atoms with Crippen LogP contribution in [0.25, 0.3) is 10.2 Å². The molecule has 2 aromatic heterocycles. The van der Waals surface area contributed by atoms with E-state index in [2.05, 4.69) is 10.1 Å². The van der Waals surface area contributed by atoms with E-state index in [9.17, 15) is 4.79 Å². The SMILES string of the molecule is COc1ccc(C)c2sc(N(CCN3CCOCC3)C(=O)c3cc(C)no3)nc12.Cl. The van der Waals surface area contributed by atoms with Gasteiger partial charge in [-0.2, -0.15) is 0 Å². The van der Waals surface area contributed by atoms with Gasteiger partial charge >= 0.3 is 0 Å². The first-order chi connectivity index (χ1) is 14.1. The van der Waals surface area contributed by atoms with Gasteiger partial charge in [0.15, 0.2) is 5.13 Å². The molecule has 0 aliphatic carbocycles. The van der Waals surface area contributed by atoms with E-state index in [-0.39, 0.29) is 24.1 Å². The molecule has 1 saturated heterocycles. The fourth-order valence-corrected chi connectivity index (χ4v) is 4.40. The number of ether oxygens (including phenoxy) is 2. The van der Waals surface area contributed by atoms with Crippen LogP contribution in [0.2, 0.25) is 0 Å². The van der Waals surface area contributed by atoms with Crippen molar-refractivity contribution < 1.29 is 18.8 Å². The van der Waals surface area contributed by atoms with Crippen molar-refractivity contribution in [2.45, 2.75) is 13.8 Å². The van der Waals surface area contributed by atoms with E-state index in [1.165, 1.54) is 11.3 Å². The minimum atomic E-state index is -0.241. The van der Waals surface area contributed by atoms with Crippen molar-refractivity contribution in [1.82, 2.24) is 15.0 Å². The van der Waals surface area contributed by atoms with Crippen molar-refractivity contribution in [1.29, 1.82) is 0 Å². The molecule has 1 amide bonds. The average molecular weight is 453 g/mol. The molecular formula is C20H25ClN4O4S. The van der Waals surface area contributed by atoms with Crippen LogP contribution in [-0.2, 0) is 4.74 Å². The molecule has 3 heterocycles. The van der Waals surface area contributed by atoms with Gasteiger partial charge in [0.25, 0.3) is 5.91 Å². The summed E-state index contributed by atoms with van der Waals surface area (Å²) in [6.07, 6.45) is 0. The van der Waals surface area contributed by atoms with Crippen molar-refractivity contribution in [3.8, 4) is 5.75 Å². The van der Waals surface area contributed by atoms with Crippen molar-refractivity contribution >= 4 is 45.0 Å². The Kier molecular flexibility index (Phi) is 7.30. The summed E-state index contributed by atoms with van der Waals surface area (Å²) in [5.74, 6) is 0.672. The summed E-state index contributed by atoms with van der Waals surface area (Å²) in [6.45, 7) is 8.20. The van der Waals surface area contributed by atoms with E-state index in [1.54, 1.807) is 25.0 Å². The number of carbonyl (C=O) groups excluding carboxylic acids is 1. The molecule has 1 aliphatic heterocycles. The lowest BCUT2D eigenvalue weighted by atomic mass is 10.2. The van der Waals surface area contributed by atoms with Crippen LogP contribution in [0.5, 0.6) is 5.75 Å². The van der Waals surface area contributed by atoms with Gasteiger partial charge in [0.1, 0.15) is 11.3 Å². The van der Waals surface area contributed by atoms with Crippen LogP contribution in [0.3, 0.4) is 0 Å². The molecule has 3 aromatic rings. The molecule has 0 unspecified atom stereocenters. The van der Waals surface area contributed by atoms with Gasteiger partial charge in [-0.15, -0.1) is 12.4 Å². The lowest BCUT2D eigenvalue weighted by molar-refractivity contribution is 0.0390. The number of halogens is 1. The lowest BCUT2D eigenvalue weighted by Crippen LogP contribution is -2.43. The maximum Gasteiger partial charge on any atom is 0.298 e. The largest absolute Gasteiger partial charge is 0.494 e. The highest BCUT2D eigenvalue weighted by Crippen LogP contribution is 2.36. The molecule has 0 saturated carbocycles. The number of amides is 1. The summed E-state index contributed by atoms with van der Waals surface area (Å²) in [5, 5.41) is 4.49. The number of thiazole rings is 1. The summed E-state index contributed by atoms with van der Waals surface area (Å²) in [5.41, 5.74) is 2.54. The molecule has 0 spiro atoms. The van der Waals surface area contributed by atoms with Crippen molar-refractivity contribution in [2.75, 3.05) is 51.4 Å². The zero-order valence-corrected chi connectivity index (χ0v) is 18.8. The first-order valence-corrected chi connectivity index (χ1v) is 10.4. The zero-order chi connectivity index (χ0) is 20.4. The Labute approximate surface area is 185 Å². The minimum Gasteiger partial charge on any atom is -0.494 e. The monoisotopic (exact) mass is 452 g/mol. The summed E-state index contributed by atoms with van der Waals surface area (Å²) < 4.78 is 17.1. The fraction of sp³-hybridized carbons (Fsp3) is 0.450. The number of carbonyl (C=O) groups is 1. The summed E-state index contributed by atoms with van der Waals surface area (Å²) in [4.78, 5) is 22.0. The maximum atomic E-state index is 13.2. The third-order valence-corrected chi connectivity index (χ3v) is 6.18. The van der Waals surface area contributed by atoms with Crippen molar-refractivity contribution in [3.05, 3.63) is 35.2 Å². The first kappa shape index (κ1) is 22.5. The normalized spacial score (nSPS) is 14.5. The number of anilines is 1. The highest BCUT2D eigenvalue weighted by molar-refractivity contribution is 7.22. The van der Waals surface area contributed by atoms with E-state index in [0.717, 1.165) is 35.4 Å². The number of hydrogen-bond donors (Lipinski definition) is 0. The van der Waals surface area contributed by atoms with E-state index in [0.29, 0.717) is 36.3 Å². The molecule has 0 N–H and O–H groups in total. The van der Waals surface area contributed by atoms with E-state index < -0.39 is 0 Å². The van der Waals surface area contributed by atoms with Crippen LogP contribution in [0, 0.1) is 13.8 Å². The molecule has 1 aromatic carbocycles. The summed E-state index contributed by atoms with van der Waals surface area (Å²) in [6, 6.07) is 5.56. The van der Waals surface area contributed by atoms with Gasteiger partial charge < -0.3 is 14.0 Å². The van der Waals surface area contributed by atoms with Gasteiger partial charge in [-0.05, 0) is 25.5 Å². The molecule has 4 rings (SSSR count). The number of nitrogens with zero attached hydrogens (tertiary/aromatic N) is 4. The average Bonchev–Trinajstić information content (AvgIpc) is 3.36. The number of aryl methyl sites for hydroxylation is 2. The van der Waals surface area contributed by atoms with E-state index in [1.807, 2.05) is 19.1 Å². The van der Waals surface area contributed by atoms with Crippen LogP contribution in [0.15, 0.2) is 22.7 Å². The molecule has 30 heavy (non-hydrogen) atoms. The summed E-state index contributed by atoms with van der Waals surface area (Å²) in [7, 11) is 1.63. The van der Waals surface area contributed by atoms with Gasteiger partial charge in [-0.25, -0.2) is 4.98 Å². The predicted octanol–water partition coefficient (Wildman–Crippen LogP) is 3.31. The third kappa shape index (κ3) is 4.59. The molecule has 10 heteroatoms. The van der Waals surface area contributed by atoms with Gasteiger partial charge in [0, 0.05) is 32.2 Å². The van der Waals surface area contributed by atoms with Crippen LogP contribution in [0.1, 0.15) is 21.8 Å². The minimum absolute atomic E-state index is 0. The Balaban J connectivity index is 0.00000256. The second-order valence-electron chi connectivity index (χ2n) is 7.00. The Hall–Kier alpha value is -2.20. The number of fused-ring (bicyclic) bond motifs is 1. The van der Waals surface area contributed by atoms with Crippen LogP contribution in [-0.4, -0.2) is 67.5 Å². The number of morpholine rings is 1. The molecule has 8 nitrogen and oxygen atoms in total. The lowest BCUT2D eigenvalue weighted by Gasteiger charge is -2.28. The number of aromatic nitrogens is 2.